The van der Waals surface area contributed by atoms with Gasteiger partial charge >= 0.3 is 5.97 Å². The molecule has 0 bridgehead atoms. The molecule has 5 nitrogen and oxygen atoms in total. The molecule has 1 aromatic rings. The number of hydrogen-bond donors (Lipinski definition) is 2. The smallest absolute Gasteiger partial charge is 0.303 e. The second kappa shape index (κ2) is 8.26. The van der Waals surface area contributed by atoms with Gasteiger partial charge in [-0.05, 0) is 18.9 Å². The van der Waals surface area contributed by atoms with Crippen molar-refractivity contribution in [3.05, 3.63) is 29.8 Å². The number of carboxylic acid groups (broad SMARTS) is 1. The Hall–Kier alpha value is -1.88. The average molecular weight is 265 g/mol. The predicted molar refractivity (Wildman–Crippen MR) is 71.9 cm³/mol. The third-order valence-electron chi connectivity index (χ3n) is 2.64. The van der Waals surface area contributed by atoms with E-state index in [1.807, 2.05) is 24.3 Å². The van der Waals surface area contributed by atoms with Crippen LogP contribution in [0.4, 0.5) is 5.69 Å². The first-order valence-corrected chi connectivity index (χ1v) is 6.22. The Balaban J connectivity index is 2.41. The van der Waals surface area contributed by atoms with E-state index in [1.54, 1.807) is 7.11 Å². The molecule has 0 radical (unpaired) electrons. The van der Waals surface area contributed by atoms with Gasteiger partial charge in [-0.25, -0.2) is 0 Å². The fourth-order valence-corrected chi connectivity index (χ4v) is 1.70. The number of hydrogen-bond acceptors (Lipinski definition) is 3. The number of para-hydroxylation sites is 1. The maximum absolute atomic E-state index is 11.7. The Labute approximate surface area is 112 Å². The molecule has 0 fully saturated rings. The molecule has 104 valence electrons. The molecular formula is C14H19NO4. The van der Waals surface area contributed by atoms with E-state index < -0.39 is 5.97 Å². The second-order valence-electron chi connectivity index (χ2n) is 4.24. The molecule has 1 rings (SSSR count). The predicted octanol–water partition coefficient (Wildman–Crippen LogP) is 2.42. The number of unbranched alkanes of at least 4 members (excludes halogenated alkanes) is 1. The molecule has 1 aromatic carbocycles. The van der Waals surface area contributed by atoms with Gasteiger partial charge in [0, 0.05) is 31.2 Å². The molecule has 0 unspecified atom stereocenters. The quantitative estimate of drug-likeness (QED) is 0.708. The molecule has 0 atom stereocenters. The number of carboxylic acids is 1. The zero-order valence-corrected chi connectivity index (χ0v) is 11.0. The third-order valence-corrected chi connectivity index (χ3v) is 2.64. The number of aliphatic carboxylic acids is 1. The number of rotatable bonds is 8. The largest absolute Gasteiger partial charge is 0.481 e. The van der Waals surface area contributed by atoms with Crippen LogP contribution in [0.3, 0.4) is 0 Å². The SMILES string of the molecule is COCc1ccccc1NC(=O)CCCCC(=O)O. The normalized spacial score (nSPS) is 10.2. The summed E-state index contributed by atoms with van der Waals surface area (Å²) < 4.78 is 5.06. The van der Waals surface area contributed by atoms with E-state index in [0.29, 0.717) is 25.9 Å². The first kappa shape index (κ1) is 15.2. The highest BCUT2D eigenvalue weighted by Gasteiger charge is 2.06. The molecule has 2 N–H and O–H groups in total. The van der Waals surface area contributed by atoms with Crippen LogP contribution in [-0.4, -0.2) is 24.1 Å². The molecule has 0 spiro atoms. The molecular weight excluding hydrogens is 246 g/mol. The molecule has 0 aliphatic rings. The van der Waals surface area contributed by atoms with Crippen LogP contribution < -0.4 is 5.32 Å². The van der Waals surface area contributed by atoms with Crippen molar-refractivity contribution in [3.63, 3.8) is 0 Å². The van der Waals surface area contributed by atoms with Gasteiger partial charge in [-0.1, -0.05) is 18.2 Å². The van der Waals surface area contributed by atoms with Crippen LogP contribution >= 0.6 is 0 Å². The van der Waals surface area contributed by atoms with Gasteiger partial charge in [-0.15, -0.1) is 0 Å². The lowest BCUT2D eigenvalue weighted by Gasteiger charge is -2.10. The Morgan fingerprint density at radius 2 is 1.89 bits per heavy atom. The van der Waals surface area contributed by atoms with E-state index in [2.05, 4.69) is 5.32 Å². The van der Waals surface area contributed by atoms with Crippen molar-refractivity contribution in [2.75, 3.05) is 12.4 Å². The fourth-order valence-electron chi connectivity index (χ4n) is 1.70. The van der Waals surface area contributed by atoms with Crippen LogP contribution in [0.5, 0.6) is 0 Å². The van der Waals surface area contributed by atoms with Crippen molar-refractivity contribution in [2.24, 2.45) is 0 Å². The van der Waals surface area contributed by atoms with Crippen LogP contribution in [0.15, 0.2) is 24.3 Å². The molecule has 0 aliphatic carbocycles. The van der Waals surface area contributed by atoms with Crippen molar-refractivity contribution in [1.82, 2.24) is 0 Å². The summed E-state index contributed by atoms with van der Waals surface area (Å²) in [5, 5.41) is 11.3. The van der Waals surface area contributed by atoms with Crippen molar-refractivity contribution in [2.45, 2.75) is 32.3 Å². The molecule has 1 amide bonds. The number of methoxy groups -OCH3 is 1. The molecule has 0 saturated carbocycles. The van der Waals surface area contributed by atoms with Gasteiger partial charge in [0.2, 0.25) is 5.91 Å². The van der Waals surface area contributed by atoms with E-state index >= 15 is 0 Å². The zero-order valence-electron chi connectivity index (χ0n) is 11.0. The first-order valence-electron chi connectivity index (χ1n) is 6.22. The van der Waals surface area contributed by atoms with Crippen LogP contribution in [0, 0.1) is 0 Å². The van der Waals surface area contributed by atoms with Crippen LogP contribution in [-0.2, 0) is 20.9 Å². The first-order chi connectivity index (χ1) is 9.13. The van der Waals surface area contributed by atoms with Gasteiger partial charge in [-0.2, -0.15) is 0 Å². The Morgan fingerprint density at radius 3 is 2.58 bits per heavy atom. The standard InChI is InChI=1S/C14H19NO4/c1-19-10-11-6-2-3-7-12(11)15-13(16)8-4-5-9-14(17)18/h2-3,6-7H,4-5,8-10H2,1H3,(H,15,16)(H,17,18). The van der Waals surface area contributed by atoms with Crippen molar-refractivity contribution < 1.29 is 19.4 Å². The molecule has 0 aromatic heterocycles. The molecule has 0 heterocycles. The zero-order chi connectivity index (χ0) is 14.1. The summed E-state index contributed by atoms with van der Waals surface area (Å²) in [5.74, 6) is -0.931. The minimum absolute atomic E-state index is 0.103. The lowest BCUT2D eigenvalue weighted by Crippen LogP contribution is -2.13. The van der Waals surface area contributed by atoms with Gasteiger partial charge in [-0.3, -0.25) is 9.59 Å². The number of benzene rings is 1. The summed E-state index contributed by atoms with van der Waals surface area (Å²) in [4.78, 5) is 22.1. The van der Waals surface area contributed by atoms with Crippen molar-refractivity contribution >= 4 is 17.6 Å². The van der Waals surface area contributed by atoms with Gasteiger partial charge < -0.3 is 15.2 Å². The topological polar surface area (TPSA) is 75.6 Å². The molecule has 5 heteroatoms. The van der Waals surface area contributed by atoms with Crippen LogP contribution in [0.2, 0.25) is 0 Å². The Kier molecular flexibility index (Phi) is 6.60. The van der Waals surface area contributed by atoms with E-state index in [4.69, 9.17) is 9.84 Å². The Morgan fingerprint density at radius 1 is 1.21 bits per heavy atom. The summed E-state index contributed by atoms with van der Waals surface area (Å²) in [5.41, 5.74) is 1.66. The summed E-state index contributed by atoms with van der Waals surface area (Å²) in [7, 11) is 1.60. The Bertz CT molecular complexity index is 431. The van der Waals surface area contributed by atoms with Crippen LogP contribution in [0.1, 0.15) is 31.2 Å². The average Bonchev–Trinajstić information content (AvgIpc) is 2.37. The molecule has 0 aliphatic heterocycles. The fraction of sp³-hybridized carbons (Fsp3) is 0.429. The molecule has 0 saturated heterocycles. The summed E-state index contributed by atoms with van der Waals surface area (Å²) in [6.07, 6.45) is 1.52. The van der Waals surface area contributed by atoms with Gasteiger partial charge in [0.15, 0.2) is 0 Å². The lowest BCUT2D eigenvalue weighted by molar-refractivity contribution is -0.137. The van der Waals surface area contributed by atoms with Gasteiger partial charge in [0.25, 0.3) is 0 Å². The summed E-state index contributed by atoms with van der Waals surface area (Å²) >= 11 is 0. The van der Waals surface area contributed by atoms with E-state index in [0.717, 1.165) is 11.3 Å². The highest BCUT2D eigenvalue weighted by Crippen LogP contribution is 2.16. The van der Waals surface area contributed by atoms with E-state index in [-0.39, 0.29) is 12.3 Å². The highest BCUT2D eigenvalue weighted by molar-refractivity contribution is 5.91. The third kappa shape index (κ3) is 6.01. The number of ether oxygens (including phenoxy) is 1. The van der Waals surface area contributed by atoms with Crippen molar-refractivity contribution in [1.29, 1.82) is 0 Å². The minimum Gasteiger partial charge on any atom is -0.481 e. The maximum Gasteiger partial charge on any atom is 0.303 e. The monoisotopic (exact) mass is 265 g/mol. The summed E-state index contributed by atoms with van der Waals surface area (Å²) in [6, 6.07) is 7.45. The van der Waals surface area contributed by atoms with Crippen LogP contribution in [0.25, 0.3) is 0 Å². The van der Waals surface area contributed by atoms with Crippen molar-refractivity contribution in [3.8, 4) is 0 Å². The van der Waals surface area contributed by atoms with E-state index in [9.17, 15) is 9.59 Å². The second-order valence-corrected chi connectivity index (χ2v) is 4.24. The number of carbonyl (C=O) groups excluding carboxylic acids is 1. The van der Waals surface area contributed by atoms with E-state index in [1.165, 1.54) is 0 Å². The highest BCUT2D eigenvalue weighted by atomic mass is 16.5. The molecule has 19 heavy (non-hydrogen) atoms. The summed E-state index contributed by atoms with van der Waals surface area (Å²) in [6.45, 7) is 0.440. The number of amides is 1. The van der Waals surface area contributed by atoms with Gasteiger partial charge in [0.05, 0.1) is 6.61 Å². The van der Waals surface area contributed by atoms with Gasteiger partial charge in [0.1, 0.15) is 0 Å². The number of carbonyl (C=O) groups is 2. The lowest BCUT2D eigenvalue weighted by atomic mass is 10.1. The number of nitrogens with one attached hydrogen (secondary N) is 1. The maximum atomic E-state index is 11.7. The minimum atomic E-state index is -0.828. The number of anilines is 1.